The van der Waals surface area contributed by atoms with Gasteiger partial charge >= 0.3 is 0 Å². The van der Waals surface area contributed by atoms with E-state index in [0.717, 1.165) is 18.5 Å². The quantitative estimate of drug-likeness (QED) is 0.721. The number of hydrogen-bond acceptors (Lipinski definition) is 4. The minimum absolute atomic E-state index is 0.0359. The lowest BCUT2D eigenvalue weighted by atomic mass is 9.77. The first-order chi connectivity index (χ1) is 13.5. The molecule has 1 aliphatic carbocycles. The molecule has 1 atom stereocenters. The molecule has 0 unspecified atom stereocenters. The molecule has 0 radical (unpaired) electrons. The van der Waals surface area contributed by atoms with E-state index < -0.39 is 5.92 Å². The smallest absolute Gasteiger partial charge is 0.254 e. The van der Waals surface area contributed by atoms with Crippen LogP contribution in [-0.4, -0.2) is 11.7 Å². The van der Waals surface area contributed by atoms with E-state index in [9.17, 15) is 9.59 Å². The lowest BCUT2D eigenvalue weighted by molar-refractivity contribution is -0.116. The molecular weight excluding hydrogens is 399 g/mol. The van der Waals surface area contributed by atoms with Gasteiger partial charge in [0.05, 0.1) is 28.5 Å². The monoisotopic (exact) mass is 416 g/mol. The SMILES string of the molecule is CC1=C(C(=O)Nc2cc(Cl)ccc2Cl)[C@H](c2ccco2)C2=C(CCCC2=O)N1. The largest absolute Gasteiger partial charge is 0.468 e. The van der Waals surface area contributed by atoms with Gasteiger partial charge < -0.3 is 15.1 Å². The Labute approximate surface area is 172 Å². The molecule has 2 heterocycles. The van der Waals surface area contributed by atoms with Crippen molar-refractivity contribution in [2.24, 2.45) is 0 Å². The maximum absolute atomic E-state index is 13.2. The number of rotatable bonds is 3. The van der Waals surface area contributed by atoms with Gasteiger partial charge in [0.2, 0.25) is 0 Å². The number of furan rings is 1. The Balaban J connectivity index is 1.76. The van der Waals surface area contributed by atoms with E-state index in [4.69, 9.17) is 27.6 Å². The molecule has 1 aliphatic heterocycles. The summed E-state index contributed by atoms with van der Waals surface area (Å²) in [6.45, 7) is 1.83. The molecule has 0 spiro atoms. The maximum atomic E-state index is 13.2. The first-order valence-electron chi connectivity index (χ1n) is 8.99. The van der Waals surface area contributed by atoms with Gasteiger partial charge in [-0.1, -0.05) is 23.2 Å². The highest BCUT2D eigenvalue weighted by molar-refractivity contribution is 6.36. The summed E-state index contributed by atoms with van der Waals surface area (Å²) in [5.41, 5.74) is 3.00. The summed E-state index contributed by atoms with van der Waals surface area (Å²) in [6.07, 6.45) is 3.57. The zero-order valence-corrected chi connectivity index (χ0v) is 16.7. The number of nitrogens with one attached hydrogen (secondary N) is 2. The Hall–Kier alpha value is -2.50. The number of Topliss-reactive ketones (excluding diaryl/α,β-unsaturated/α-hetero) is 1. The molecule has 0 saturated carbocycles. The van der Waals surface area contributed by atoms with Crippen molar-refractivity contribution in [3.8, 4) is 0 Å². The first-order valence-corrected chi connectivity index (χ1v) is 9.75. The van der Waals surface area contributed by atoms with Crippen LogP contribution in [0.25, 0.3) is 0 Å². The van der Waals surface area contributed by atoms with Gasteiger partial charge in [0.1, 0.15) is 5.76 Å². The van der Waals surface area contributed by atoms with Crippen LogP contribution in [0, 0.1) is 0 Å². The van der Waals surface area contributed by atoms with Crippen molar-refractivity contribution in [3.05, 3.63) is 74.9 Å². The second kappa shape index (κ2) is 7.49. The fraction of sp³-hybridized carbons (Fsp3) is 0.238. The van der Waals surface area contributed by atoms with Crippen LogP contribution >= 0.6 is 23.2 Å². The van der Waals surface area contributed by atoms with Crippen molar-refractivity contribution in [3.63, 3.8) is 0 Å². The molecule has 5 nitrogen and oxygen atoms in total. The third-order valence-electron chi connectivity index (χ3n) is 5.02. The van der Waals surface area contributed by atoms with Crippen molar-refractivity contribution < 1.29 is 14.0 Å². The summed E-state index contributed by atoms with van der Waals surface area (Å²) in [4.78, 5) is 26.0. The van der Waals surface area contributed by atoms with Gasteiger partial charge in [0.15, 0.2) is 5.78 Å². The number of benzene rings is 1. The first kappa shape index (κ1) is 18.8. The van der Waals surface area contributed by atoms with Crippen molar-refractivity contribution in [1.29, 1.82) is 0 Å². The minimum Gasteiger partial charge on any atom is -0.468 e. The van der Waals surface area contributed by atoms with Gasteiger partial charge in [-0.2, -0.15) is 0 Å². The molecule has 2 N–H and O–H groups in total. The Morgan fingerprint density at radius 2 is 2.07 bits per heavy atom. The van der Waals surface area contributed by atoms with Crippen LogP contribution in [0.2, 0.25) is 10.0 Å². The highest BCUT2D eigenvalue weighted by atomic mass is 35.5. The van der Waals surface area contributed by atoms with E-state index >= 15 is 0 Å². The van der Waals surface area contributed by atoms with E-state index in [1.54, 1.807) is 36.6 Å². The van der Waals surface area contributed by atoms with Crippen molar-refractivity contribution >= 4 is 40.6 Å². The van der Waals surface area contributed by atoms with Crippen molar-refractivity contribution in [2.75, 3.05) is 5.32 Å². The van der Waals surface area contributed by atoms with Crippen LogP contribution < -0.4 is 10.6 Å². The van der Waals surface area contributed by atoms with E-state index in [0.29, 0.717) is 44.8 Å². The summed E-state index contributed by atoms with van der Waals surface area (Å²) in [5.74, 6) is -0.322. The minimum atomic E-state index is -0.558. The number of ketones is 1. The normalized spacial score (nSPS) is 19.4. The predicted octanol–water partition coefficient (Wildman–Crippen LogP) is 5.19. The average Bonchev–Trinajstić information content (AvgIpc) is 3.18. The Morgan fingerprint density at radius 1 is 1.25 bits per heavy atom. The number of amides is 1. The van der Waals surface area contributed by atoms with Crippen LogP contribution in [-0.2, 0) is 9.59 Å². The third kappa shape index (κ3) is 3.36. The van der Waals surface area contributed by atoms with E-state index in [2.05, 4.69) is 10.6 Å². The van der Waals surface area contributed by atoms with Gasteiger partial charge in [0.25, 0.3) is 5.91 Å². The molecule has 4 rings (SSSR count). The van der Waals surface area contributed by atoms with E-state index in [1.165, 1.54) is 0 Å². The Kier molecular flexibility index (Phi) is 5.04. The standard InChI is InChI=1S/C21H18Cl2N2O3/c1-11-18(21(27)25-15-10-12(22)7-8-13(15)23)20(17-6-3-9-28-17)19-14(24-11)4-2-5-16(19)26/h3,6-10,20,24H,2,4-5H2,1H3,(H,25,27)/t20-/m0/s1. The van der Waals surface area contributed by atoms with Crippen molar-refractivity contribution in [1.82, 2.24) is 5.32 Å². The summed E-state index contributed by atoms with van der Waals surface area (Å²) < 4.78 is 5.62. The maximum Gasteiger partial charge on any atom is 0.254 e. The zero-order chi connectivity index (χ0) is 19.8. The summed E-state index contributed by atoms with van der Waals surface area (Å²) >= 11 is 12.2. The van der Waals surface area contributed by atoms with Gasteiger partial charge in [-0.3, -0.25) is 9.59 Å². The average molecular weight is 417 g/mol. The van der Waals surface area contributed by atoms with Crippen LogP contribution in [0.5, 0.6) is 0 Å². The number of carbonyl (C=O) groups is 2. The fourth-order valence-electron chi connectivity index (χ4n) is 3.81. The molecule has 0 bridgehead atoms. The molecule has 1 aromatic heterocycles. The number of carbonyl (C=O) groups excluding carboxylic acids is 2. The van der Waals surface area contributed by atoms with Crippen LogP contribution in [0.15, 0.2) is 63.6 Å². The molecule has 144 valence electrons. The topological polar surface area (TPSA) is 71.3 Å². The summed E-state index contributed by atoms with van der Waals surface area (Å²) in [7, 11) is 0. The van der Waals surface area contributed by atoms with E-state index in [-0.39, 0.29) is 11.7 Å². The second-order valence-electron chi connectivity index (χ2n) is 6.86. The Bertz CT molecular complexity index is 1020. The van der Waals surface area contributed by atoms with E-state index in [1.807, 2.05) is 6.92 Å². The number of hydrogen-bond donors (Lipinski definition) is 2. The van der Waals surface area contributed by atoms with Gasteiger partial charge in [0, 0.05) is 28.4 Å². The molecule has 7 heteroatoms. The van der Waals surface area contributed by atoms with Gasteiger partial charge in [-0.25, -0.2) is 0 Å². The highest BCUT2D eigenvalue weighted by Crippen LogP contribution is 2.42. The lowest BCUT2D eigenvalue weighted by Crippen LogP contribution is -2.35. The van der Waals surface area contributed by atoms with Crippen LogP contribution in [0.4, 0.5) is 5.69 Å². The lowest BCUT2D eigenvalue weighted by Gasteiger charge is -2.33. The summed E-state index contributed by atoms with van der Waals surface area (Å²) in [5, 5.41) is 6.92. The molecule has 2 aromatic rings. The zero-order valence-electron chi connectivity index (χ0n) is 15.1. The van der Waals surface area contributed by atoms with Crippen LogP contribution in [0.1, 0.15) is 37.9 Å². The molecular formula is C21H18Cl2N2O3. The van der Waals surface area contributed by atoms with Crippen LogP contribution in [0.3, 0.4) is 0 Å². The highest BCUT2D eigenvalue weighted by Gasteiger charge is 2.39. The molecule has 0 fully saturated rings. The number of halogens is 2. The molecule has 28 heavy (non-hydrogen) atoms. The molecule has 0 saturated heterocycles. The van der Waals surface area contributed by atoms with Gasteiger partial charge in [-0.05, 0) is 50.1 Å². The number of anilines is 1. The molecule has 1 aromatic carbocycles. The predicted molar refractivity (Wildman–Crippen MR) is 108 cm³/mol. The summed E-state index contributed by atoms with van der Waals surface area (Å²) in [6, 6.07) is 8.40. The second-order valence-corrected chi connectivity index (χ2v) is 7.70. The van der Waals surface area contributed by atoms with Crippen molar-refractivity contribution in [2.45, 2.75) is 32.1 Å². The number of dihydropyridines is 1. The molecule has 1 amide bonds. The Morgan fingerprint density at radius 3 is 2.82 bits per heavy atom. The number of allylic oxidation sites excluding steroid dienone is 3. The van der Waals surface area contributed by atoms with Gasteiger partial charge in [-0.15, -0.1) is 0 Å². The molecule has 2 aliphatic rings. The fourth-order valence-corrected chi connectivity index (χ4v) is 4.14. The third-order valence-corrected chi connectivity index (χ3v) is 5.59.